The standard InChI is InChI=1S/C15H20FN3O/c1-2-17-15(19-12-5-3-4-6-12)18-10-11-7-8-14(20)13(16)9-11/h3-4,7-9,12,20H,2,5-6,10H2,1H3,(H2,17,18,19). The molecular formula is C15H20FN3O. The number of guanidine groups is 1. The Hall–Kier alpha value is -2.04. The molecule has 0 heterocycles. The van der Waals surface area contributed by atoms with Crippen molar-refractivity contribution < 1.29 is 9.50 Å². The molecule has 20 heavy (non-hydrogen) atoms. The number of nitrogens with zero attached hydrogens (tertiary/aromatic N) is 1. The number of phenols is 1. The fourth-order valence-corrected chi connectivity index (χ4v) is 2.07. The first-order chi connectivity index (χ1) is 9.69. The summed E-state index contributed by atoms with van der Waals surface area (Å²) in [6.07, 6.45) is 6.30. The molecule has 0 radical (unpaired) electrons. The first kappa shape index (κ1) is 14.4. The van der Waals surface area contributed by atoms with E-state index >= 15 is 0 Å². The Labute approximate surface area is 118 Å². The van der Waals surface area contributed by atoms with Gasteiger partial charge in [-0.2, -0.15) is 0 Å². The summed E-state index contributed by atoms with van der Waals surface area (Å²) >= 11 is 0. The summed E-state index contributed by atoms with van der Waals surface area (Å²) in [5, 5.41) is 15.7. The average Bonchev–Trinajstić information content (AvgIpc) is 2.93. The molecule has 1 aromatic carbocycles. The fourth-order valence-electron chi connectivity index (χ4n) is 2.07. The summed E-state index contributed by atoms with van der Waals surface area (Å²) in [6.45, 7) is 3.15. The third-order valence-corrected chi connectivity index (χ3v) is 3.12. The maximum atomic E-state index is 13.2. The van der Waals surface area contributed by atoms with E-state index in [4.69, 9.17) is 5.11 Å². The molecule has 0 amide bonds. The van der Waals surface area contributed by atoms with Gasteiger partial charge in [0.1, 0.15) is 0 Å². The van der Waals surface area contributed by atoms with Crippen molar-refractivity contribution >= 4 is 5.96 Å². The molecule has 0 atom stereocenters. The zero-order valence-electron chi connectivity index (χ0n) is 11.6. The molecule has 2 rings (SSSR count). The Bertz CT molecular complexity index is 506. The number of phenolic OH excluding ortho intramolecular Hbond substituents is 1. The van der Waals surface area contributed by atoms with Gasteiger partial charge < -0.3 is 15.7 Å². The summed E-state index contributed by atoms with van der Waals surface area (Å²) < 4.78 is 13.2. The van der Waals surface area contributed by atoms with Gasteiger partial charge in [0.15, 0.2) is 17.5 Å². The monoisotopic (exact) mass is 277 g/mol. The Morgan fingerprint density at radius 3 is 2.80 bits per heavy atom. The number of hydrogen-bond donors (Lipinski definition) is 3. The largest absolute Gasteiger partial charge is 0.505 e. The van der Waals surface area contributed by atoms with Crippen molar-refractivity contribution in [2.45, 2.75) is 32.4 Å². The smallest absolute Gasteiger partial charge is 0.191 e. The predicted molar refractivity (Wildman–Crippen MR) is 78.2 cm³/mol. The molecule has 3 N–H and O–H groups in total. The number of halogens is 1. The van der Waals surface area contributed by atoms with Crippen LogP contribution in [0.25, 0.3) is 0 Å². The van der Waals surface area contributed by atoms with Crippen LogP contribution >= 0.6 is 0 Å². The quantitative estimate of drug-likeness (QED) is 0.450. The van der Waals surface area contributed by atoms with Gasteiger partial charge >= 0.3 is 0 Å². The van der Waals surface area contributed by atoms with Crippen molar-refractivity contribution in [2.75, 3.05) is 6.54 Å². The van der Waals surface area contributed by atoms with E-state index in [-0.39, 0.29) is 5.75 Å². The second-order valence-corrected chi connectivity index (χ2v) is 4.76. The second-order valence-electron chi connectivity index (χ2n) is 4.76. The first-order valence-electron chi connectivity index (χ1n) is 6.86. The molecule has 4 nitrogen and oxygen atoms in total. The lowest BCUT2D eigenvalue weighted by molar-refractivity contribution is 0.432. The third kappa shape index (κ3) is 3.98. The summed E-state index contributed by atoms with van der Waals surface area (Å²) in [5.41, 5.74) is 0.724. The van der Waals surface area contributed by atoms with Gasteiger partial charge in [0.25, 0.3) is 0 Å². The van der Waals surface area contributed by atoms with Crippen LogP contribution in [-0.2, 0) is 6.54 Å². The van der Waals surface area contributed by atoms with Crippen LogP contribution in [0.2, 0.25) is 0 Å². The first-order valence-corrected chi connectivity index (χ1v) is 6.86. The van der Waals surface area contributed by atoms with Crippen LogP contribution in [-0.4, -0.2) is 23.7 Å². The minimum atomic E-state index is -0.615. The number of hydrogen-bond acceptors (Lipinski definition) is 2. The van der Waals surface area contributed by atoms with E-state index in [1.807, 2.05) is 6.92 Å². The molecule has 1 aromatic rings. The van der Waals surface area contributed by atoms with Crippen molar-refractivity contribution in [3.05, 3.63) is 41.7 Å². The molecular weight excluding hydrogens is 257 g/mol. The molecule has 0 bridgehead atoms. The van der Waals surface area contributed by atoms with E-state index < -0.39 is 5.82 Å². The van der Waals surface area contributed by atoms with E-state index in [1.54, 1.807) is 6.07 Å². The summed E-state index contributed by atoms with van der Waals surface area (Å²) in [7, 11) is 0. The molecule has 0 aliphatic heterocycles. The molecule has 0 saturated carbocycles. The van der Waals surface area contributed by atoms with Crippen molar-refractivity contribution in [2.24, 2.45) is 4.99 Å². The van der Waals surface area contributed by atoms with Gasteiger partial charge in [-0.3, -0.25) is 0 Å². The fraction of sp³-hybridized carbons (Fsp3) is 0.400. The van der Waals surface area contributed by atoms with Crippen molar-refractivity contribution in [3.8, 4) is 5.75 Å². The minimum Gasteiger partial charge on any atom is -0.505 e. The molecule has 1 aliphatic carbocycles. The highest BCUT2D eigenvalue weighted by molar-refractivity contribution is 5.80. The Morgan fingerprint density at radius 1 is 1.40 bits per heavy atom. The van der Waals surface area contributed by atoms with Crippen LogP contribution in [0.1, 0.15) is 25.3 Å². The maximum Gasteiger partial charge on any atom is 0.191 e. The van der Waals surface area contributed by atoms with Gasteiger partial charge in [-0.15, -0.1) is 0 Å². The second kappa shape index (κ2) is 6.93. The molecule has 108 valence electrons. The zero-order valence-corrected chi connectivity index (χ0v) is 11.6. The number of nitrogens with one attached hydrogen (secondary N) is 2. The normalized spacial score (nSPS) is 15.6. The van der Waals surface area contributed by atoms with Gasteiger partial charge in [-0.25, -0.2) is 9.38 Å². The van der Waals surface area contributed by atoms with Crippen molar-refractivity contribution in [1.29, 1.82) is 0 Å². The molecule has 0 spiro atoms. The number of aromatic hydroxyl groups is 1. The van der Waals surface area contributed by atoms with Crippen LogP contribution in [0.4, 0.5) is 4.39 Å². The van der Waals surface area contributed by atoms with E-state index in [0.29, 0.717) is 12.6 Å². The lowest BCUT2D eigenvalue weighted by Crippen LogP contribution is -2.42. The maximum absolute atomic E-state index is 13.2. The van der Waals surface area contributed by atoms with Crippen molar-refractivity contribution in [3.63, 3.8) is 0 Å². The highest BCUT2D eigenvalue weighted by Crippen LogP contribution is 2.16. The molecule has 0 unspecified atom stereocenters. The lowest BCUT2D eigenvalue weighted by Gasteiger charge is -2.16. The van der Waals surface area contributed by atoms with E-state index in [9.17, 15) is 4.39 Å². The van der Waals surface area contributed by atoms with Gasteiger partial charge in [0, 0.05) is 12.6 Å². The van der Waals surface area contributed by atoms with Crippen LogP contribution < -0.4 is 10.6 Å². The summed E-state index contributed by atoms with van der Waals surface area (Å²) in [5.74, 6) is -0.217. The number of benzene rings is 1. The minimum absolute atomic E-state index is 0.334. The third-order valence-electron chi connectivity index (χ3n) is 3.12. The molecule has 0 saturated heterocycles. The summed E-state index contributed by atoms with van der Waals surface area (Å²) in [4.78, 5) is 4.44. The van der Waals surface area contributed by atoms with Crippen molar-refractivity contribution in [1.82, 2.24) is 10.6 Å². The van der Waals surface area contributed by atoms with Gasteiger partial charge in [-0.1, -0.05) is 18.2 Å². The van der Waals surface area contributed by atoms with Gasteiger partial charge in [0.05, 0.1) is 6.54 Å². The zero-order chi connectivity index (χ0) is 14.4. The average molecular weight is 277 g/mol. The SMILES string of the molecule is CCNC(=NCc1ccc(O)c(F)c1)NC1CC=CC1. The molecule has 0 fully saturated rings. The van der Waals surface area contributed by atoms with Crippen LogP contribution in [0.5, 0.6) is 5.75 Å². The van der Waals surface area contributed by atoms with E-state index in [0.717, 1.165) is 30.9 Å². The van der Waals surface area contributed by atoms with Gasteiger partial charge in [-0.05, 0) is 37.5 Å². The van der Waals surface area contributed by atoms with Gasteiger partial charge in [0.2, 0.25) is 0 Å². The van der Waals surface area contributed by atoms with Crippen LogP contribution in [0.15, 0.2) is 35.3 Å². The van der Waals surface area contributed by atoms with Crippen LogP contribution in [0.3, 0.4) is 0 Å². The topological polar surface area (TPSA) is 56.7 Å². The summed E-state index contributed by atoms with van der Waals surface area (Å²) in [6, 6.07) is 4.70. The molecule has 1 aliphatic rings. The Kier molecular flexibility index (Phi) is 4.98. The Balaban J connectivity index is 1.98. The van der Waals surface area contributed by atoms with Crippen LogP contribution in [0, 0.1) is 5.82 Å². The number of rotatable bonds is 4. The van der Waals surface area contributed by atoms with E-state index in [1.165, 1.54) is 12.1 Å². The highest BCUT2D eigenvalue weighted by atomic mass is 19.1. The predicted octanol–water partition coefficient (Wildman–Crippen LogP) is 2.31. The highest BCUT2D eigenvalue weighted by Gasteiger charge is 2.11. The molecule has 5 heteroatoms. The van der Waals surface area contributed by atoms with E-state index in [2.05, 4.69) is 27.8 Å². The number of aliphatic imine (C=N–C) groups is 1. The Morgan fingerprint density at radius 2 is 2.15 bits per heavy atom. The molecule has 0 aromatic heterocycles. The lowest BCUT2D eigenvalue weighted by atomic mass is 10.2.